The summed E-state index contributed by atoms with van der Waals surface area (Å²) in [5.74, 6) is 0.743. The van der Waals surface area contributed by atoms with Crippen LogP contribution in [0, 0.1) is 5.92 Å². The van der Waals surface area contributed by atoms with Gasteiger partial charge in [0.2, 0.25) is 0 Å². The van der Waals surface area contributed by atoms with Crippen molar-refractivity contribution in [3.8, 4) is 0 Å². The summed E-state index contributed by atoms with van der Waals surface area (Å²) in [7, 11) is 0. The van der Waals surface area contributed by atoms with Crippen molar-refractivity contribution < 1.29 is 5.11 Å². The summed E-state index contributed by atoms with van der Waals surface area (Å²) < 4.78 is 0. The average molecular weight is 313 g/mol. The smallest absolute Gasteiger partial charge is 0.0595 e. The highest BCUT2D eigenvalue weighted by Gasteiger charge is 2.43. The van der Waals surface area contributed by atoms with Gasteiger partial charge >= 0.3 is 0 Å². The molecule has 1 aromatic carbocycles. The van der Waals surface area contributed by atoms with Gasteiger partial charge in [-0.05, 0) is 67.6 Å². The third kappa shape index (κ3) is 2.61. The van der Waals surface area contributed by atoms with Gasteiger partial charge in [-0.2, -0.15) is 0 Å². The van der Waals surface area contributed by atoms with Gasteiger partial charge in [-0.15, -0.1) is 0 Å². The molecule has 20 heavy (non-hydrogen) atoms. The second kappa shape index (κ2) is 5.87. The first kappa shape index (κ1) is 14.7. The Morgan fingerprint density at radius 3 is 2.20 bits per heavy atom. The number of halogens is 2. The molecular formula is C17H22Cl2O. The van der Waals surface area contributed by atoms with Crippen LogP contribution in [0.4, 0.5) is 0 Å². The Bertz CT molecular complexity index is 472. The lowest BCUT2D eigenvalue weighted by atomic mass is 9.61. The summed E-state index contributed by atoms with van der Waals surface area (Å²) in [5, 5.41) is 11.2. The molecule has 2 aliphatic carbocycles. The minimum Gasteiger partial charge on any atom is -0.393 e. The fraction of sp³-hybridized carbons (Fsp3) is 0.647. The fourth-order valence-corrected chi connectivity index (χ4v) is 4.63. The summed E-state index contributed by atoms with van der Waals surface area (Å²) in [6, 6.07) is 6.16. The van der Waals surface area contributed by atoms with E-state index in [0.29, 0.717) is 10.0 Å². The number of benzene rings is 1. The van der Waals surface area contributed by atoms with Crippen molar-refractivity contribution in [2.45, 2.75) is 62.9 Å². The van der Waals surface area contributed by atoms with Gasteiger partial charge in [0.05, 0.1) is 16.1 Å². The molecule has 1 N–H and O–H groups in total. The maximum absolute atomic E-state index is 9.88. The summed E-state index contributed by atoms with van der Waals surface area (Å²) in [6.45, 7) is 0. The van der Waals surface area contributed by atoms with Gasteiger partial charge in [0.15, 0.2) is 0 Å². The number of hydrogen-bond acceptors (Lipinski definition) is 1. The van der Waals surface area contributed by atoms with E-state index in [1.165, 1.54) is 31.2 Å². The summed E-state index contributed by atoms with van der Waals surface area (Å²) >= 11 is 12.3. The van der Waals surface area contributed by atoms with Gasteiger partial charge in [-0.25, -0.2) is 0 Å². The first-order valence-corrected chi connectivity index (χ1v) is 8.51. The van der Waals surface area contributed by atoms with Crippen molar-refractivity contribution in [2.75, 3.05) is 0 Å². The normalized spacial score (nSPS) is 31.6. The molecule has 3 rings (SSSR count). The van der Waals surface area contributed by atoms with Gasteiger partial charge in [-0.3, -0.25) is 0 Å². The van der Waals surface area contributed by atoms with Crippen LogP contribution in [0.5, 0.6) is 0 Å². The number of aliphatic hydroxyl groups excluding tert-OH is 1. The van der Waals surface area contributed by atoms with Crippen molar-refractivity contribution in [1.29, 1.82) is 0 Å². The Hall–Kier alpha value is -0.240. The van der Waals surface area contributed by atoms with Crippen LogP contribution in [0.2, 0.25) is 10.0 Å². The summed E-state index contributed by atoms with van der Waals surface area (Å²) in [5.41, 5.74) is 1.55. The molecule has 0 aliphatic heterocycles. The van der Waals surface area contributed by atoms with Crippen molar-refractivity contribution in [1.82, 2.24) is 0 Å². The lowest BCUT2D eigenvalue weighted by Crippen LogP contribution is -2.39. The maximum Gasteiger partial charge on any atom is 0.0595 e. The Kier molecular flexibility index (Phi) is 4.31. The molecule has 0 radical (unpaired) electrons. The molecule has 2 fully saturated rings. The van der Waals surface area contributed by atoms with Gasteiger partial charge in [-0.1, -0.05) is 42.1 Å². The van der Waals surface area contributed by atoms with Crippen LogP contribution in [0.25, 0.3) is 0 Å². The number of hydrogen-bond donors (Lipinski definition) is 1. The molecule has 0 bridgehead atoms. The van der Waals surface area contributed by atoms with Crippen LogP contribution in [-0.2, 0) is 5.41 Å². The molecule has 0 saturated heterocycles. The van der Waals surface area contributed by atoms with E-state index in [2.05, 4.69) is 12.1 Å². The lowest BCUT2D eigenvalue weighted by molar-refractivity contribution is 0.0718. The molecule has 0 aromatic heterocycles. The van der Waals surface area contributed by atoms with E-state index in [-0.39, 0.29) is 11.5 Å². The zero-order valence-electron chi connectivity index (χ0n) is 11.7. The quantitative estimate of drug-likeness (QED) is 0.779. The first-order valence-electron chi connectivity index (χ1n) is 7.75. The van der Waals surface area contributed by atoms with Crippen molar-refractivity contribution in [2.24, 2.45) is 5.92 Å². The molecule has 0 unspecified atom stereocenters. The van der Waals surface area contributed by atoms with Crippen LogP contribution in [0.15, 0.2) is 18.2 Å². The van der Waals surface area contributed by atoms with Crippen LogP contribution < -0.4 is 0 Å². The predicted molar refractivity (Wildman–Crippen MR) is 84.6 cm³/mol. The molecule has 1 aromatic rings. The Morgan fingerprint density at radius 1 is 0.950 bits per heavy atom. The minimum atomic E-state index is -0.118. The zero-order valence-corrected chi connectivity index (χ0v) is 13.3. The molecule has 0 spiro atoms. The molecule has 1 nitrogen and oxygen atoms in total. The zero-order chi connectivity index (χ0) is 14.2. The van der Waals surface area contributed by atoms with Gasteiger partial charge < -0.3 is 5.11 Å². The largest absolute Gasteiger partial charge is 0.393 e. The average Bonchev–Trinajstić information content (AvgIpc) is 2.98. The highest BCUT2D eigenvalue weighted by Crippen LogP contribution is 2.51. The standard InChI is InChI=1S/C17H22Cl2O/c18-15-6-5-13(11-16(15)19)17(12-3-1-2-4-12)9-7-14(20)8-10-17/h5-6,11-12,14,20H,1-4,7-10H2. The third-order valence-corrected chi connectivity index (χ3v) is 6.22. The van der Waals surface area contributed by atoms with Gasteiger partial charge in [0.1, 0.15) is 0 Å². The molecule has 2 aliphatic rings. The third-order valence-electron chi connectivity index (χ3n) is 5.48. The van der Waals surface area contributed by atoms with E-state index in [1.807, 2.05) is 6.07 Å². The van der Waals surface area contributed by atoms with Crippen molar-refractivity contribution in [3.63, 3.8) is 0 Å². The number of rotatable bonds is 2. The Balaban J connectivity index is 1.97. The van der Waals surface area contributed by atoms with Crippen LogP contribution in [0.1, 0.15) is 56.9 Å². The Labute approximate surface area is 131 Å². The maximum atomic E-state index is 9.88. The predicted octanol–water partition coefficient (Wildman–Crippen LogP) is 5.36. The highest BCUT2D eigenvalue weighted by atomic mass is 35.5. The Morgan fingerprint density at radius 2 is 1.60 bits per heavy atom. The van der Waals surface area contributed by atoms with Crippen molar-refractivity contribution >= 4 is 23.2 Å². The summed E-state index contributed by atoms with van der Waals surface area (Å²) in [6.07, 6.45) is 9.19. The number of aliphatic hydroxyl groups is 1. The topological polar surface area (TPSA) is 20.2 Å². The van der Waals surface area contributed by atoms with E-state index in [9.17, 15) is 5.11 Å². The monoisotopic (exact) mass is 312 g/mol. The highest BCUT2D eigenvalue weighted by molar-refractivity contribution is 6.42. The van der Waals surface area contributed by atoms with Crippen LogP contribution in [0.3, 0.4) is 0 Å². The van der Waals surface area contributed by atoms with Crippen molar-refractivity contribution in [3.05, 3.63) is 33.8 Å². The van der Waals surface area contributed by atoms with E-state index < -0.39 is 0 Å². The lowest BCUT2D eigenvalue weighted by Gasteiger charge is -2.44. The second-order valence-electron chi connectivity index (χ2n) is 6.50. The first-order chi connectivity index (χ1) is 9.62. The molecule has 110 valence electrons. The van der Waals surface area contributed by atoms with E-state index in [4.69, 9.17) is 23.2 Å². The van der Waals surface area contributed by atoms with E-state index >= 15 is 0 Å². The van der Waals surface area contributed by atoms with Gasteiger partial charge in [0, 0.05) is 0 Å². The van der Waals surface area contributed by atoms with E-state index in [1.54, 1.807) is 0 Å². The van der Waals surface area contributed by atoms with Gasteiger partial charge in [0.25, 0.3) is 0 Å². The van der Waals surface area contributed by atoms with Crippen LogP contribution in [-0.4, -0.2) is 11.2 Å². The molecule has 2 saturated carbocycles. The SMILES string of the molecule is OC1CCC(c2ccc(Cl)c(Cl)c2)(C2CCCC2)CC1. The molecule has 0 heterocycles. The fourth-order valence-electron chi connectivity index (χ4n) is 4.33. The van der Waals surface area contributed by atoms with Crippen LogP contribution >= 0.6 is 23.2 Å². The molecular weight excluding hydrogens is 291 g/mol. The minimum absolute atomic E-state index is 0.118. The molecule has 3 heteroatoms. The molecule has 0 amide bonds. The summed E-state index contributed by atoms with van der Waals surface area (Å²) in [4.78, 5) is 0. The second-order valence-corrected chi connectivity index (χ2v) is 7.31. The molecule has 0 atom stereocenters. The van der Waals surface area contributed by atoms with E-state index in [0.717, 1.165) is 31.6 Å².